The second kappa shape index (κ2) is 6.65. The maximum absolute atomic E-state index is 2.77. The first-order chi connectivity index (χ1) is 10.8. The molecule has 3 heterocycles. The minimum absolute atomic E-state index is 0.357. The molecule has 3 aliphatic heterocycles. The lowest BCUT2D eigenvalue weighted by Gasteiger charge is -2.56. The zero-order valence-electron chi connectivity index (χ0n) is 16.3. The summed E-state index contributed by atoms with van der Waals surface area (Å²) in [6.07, 6.45) is 5.68. The average Bonchev–Trinajstić information content (AvgIpc) is 2.46. The van der Waals surface area contributed by atoms with Crippen LogP contribution in [0, 0.1) is 11.3 Å². The molecule has 0 aliphatic carbocycles. The molecule has 23 heavy (non-hydrogen) atoms. The molecule has 0 radical (unpaired) electrons. The highest BCUT2D eigenvalue weighted by molar-refractivity contribution is 5.00. The number of rotatable bonds is 3. The Labute approximate surface area is 144 Å². The van der Waals surface area contributed by atoms with Gasteiger partial charge in [-0.3, -0.25) is 4.90 Å². The van der Waals surface area contributed by atoms with Crippen LogP contribution in [0.3, 0.4) is 0 Å². The fourth-order valence-electron chi connectivity index (χ4n) is 5.02. The number of nitrogens with zero attached hydrogens (tertiary/aromatic N) is 3. The lowest BCUT2D eigenvalue weighted by Crippen LogP contribution is -2.62. The van der Waals surface area contributed by atoms with Gasteiger partial charge in [0.15, 0.2) is 0 Å². The first-order valence-electron chi connectivity index (χ1n) is 9.99. The van der Waals surface area contributed by atoms with Crippen molar-refractivity contribution in [2.75, 3.05) is 45.8 Å². The molecule has 0 atom stereocenters. The molecule has 3 aliphatic rings. The molecule has 0 aromatic carbocycles. The predicted molar refractivity (Wildman–Crippen MR) is 98.9 cm³/mol. The van der Waals surface area contributed by atoms with Crippen LogP contribution >= 0.6 is 0 Å². The summed E-state index contributed by atoms with van der Waals surface area (Å²) in [5.74, 6) is 0.956. The Hall–Kier alpha value is -0.120. The number of hydrogen-bond acceptors (Lipinski definition) is 3. The topological polar surface area (TPSA) is 9.72 Å². The van der Waals surface area contributed by atoms with Crippen LogP contribution in [0.25, 0.3) is 0 Å². The van der Waals surface area contributed by atoms with Crippen molar-refractivity contribution in [1.82, 2.24) is 14.7 Å². The molecule has 0 unspecified atom stereocenters. The Morgan fingerprint density at radius 1 is 0.957 bits per heavy atom. The van der Waals surface area contributed by atoms with Crippen molar-refractivity contribution in [2.24, 2.45) is 11.3 Å². The van der Waals surface area contributed by atoms with Crippen LogP contribution in [-0.2, 0) is 0 Å². The molecule has 0 N–H and O–H groups in total. The third kappa shape index (κ3) is 4.11. The van der Waals surface area contributed by atoms with Gasteiger partial charge in [-0.15, -0.1) is 0 Å². The van der Waals surface area contributed by atoms with Crippen LogP contribution in [0.2, 0.25) is 0 Å². The standard InChI is InChI=1S/C20H39N3/c1-17(2)22-10-6-18(7-11-22)14-21-15-20(16-21)8-12-23(13-9-20)19(3,4)5/h17-18H,6-16H2,1-5H3. The van der Waals surface area contributed by atoms with Gasteiger partial charge in [-0.1, -0.05) is 0 Å². The Morgan fingerprint density at radius 3 is 2.00 bits per heavy atom. The smallest absolute Gasteiger partial charge is 0.0125 e. The zero-order chi connectivity index (χ0) is 16.7. The van der Waals surface area contributed by atoms with E-state index in [0.717, 1.165) is 12.0 Å². The molecule has 1 spiro atoms. The normalized spacial score (nSPS) is 28.4. The summed E-state index contributed by atoms with van der Waals surface area (Å²) >= 11 is 0. The van der Waals surface area contributed by atoms with Gasteiger partial charge in [-0.2, -0.15) is 0 Å². The highest BCUT2D eigenvalue weighted by Crippen LogP contribution is 2.42. The third-order valence-electron chi connectivity index (χ3n) is 6.79. The SMILES string of the molecule is CC(C)N1CCC(CN2CC3(CCN(C(C)(C)C)CC3)C2)CC1. The fourth-order valence-corrected chi connectivity index (χ4v) is 5.02. The molecule has 3 nitrogen and oxygen atoms in total. The van der Waals surface area contributed by atoms with Crippen molar-refractivity contribution in [2.45, 2.75) is 71.9 Å². The van der Waals surface area contributed by atoms with Gasteiger partial charge in [0.05, 0.1) is 0 Å². The maximum Gasteiger partial charge on any atom is 0.0125 e. The van der Waals surface area contributed by atoms with Gasteiger partial charge in [0.2, 0.25) is 0 Å². The van der Waals surface area contributed by atoms with Crippen LogP contribution in [0.15, 0.2) is 0 Å². The summed E-state index contributed by atoms with van der Waals surface area (Å²) in [6, 6.07) is 0.733. The van der Waals surface area contributed by atoms with E-state index in [1.54, 1.807) is 0 Å². The molecule has 0 aromatic heterocycles. The van der Waals surface area contributed by atoms with Crippen LogP contribution in [0.5, 0.6) is 0 Å². The summed E-state index contributed by atoms with van der Waals surface area (Å²) in [5, 5.41) is 0. The number of piperidine rings is 2. The molecule has 0 amide bonds. The molecule has 3 saturated heterocycles. The lowest BCUT2D eigenvalue weighted by atomic mass is 9.71. The summed E-state index contributed by atoms with van der Waals surface area (Å²) in [4.78, 5) is 8.10. The van der Waals surface area contributed by atoms with Crippen molar-refractivity contribution in [3.8, 4) is 0 Å². The van der Waals surface area contributed by atoms with Crippen molar-refractivity contribution in [3.63, 3.8) is 0 Å². The van der Waals surface area contributed by atoms with Gasteiger partial charge < -0.3 is 9.80 Å². The molecular formula is C20H39N3. The van der Waals surface area contributed by atoms with E-state index in [0.29, 0.717) is 11.0 Å². The minimum Gasteiger partial charge on any atom is -0.302 e. The van der Waals surface area contributed by atoms with Crippen molar-refractivity contribution < 1.29 is 0 Å². The largest absolute Gasteiger partial charge is 0.302 e. The number of likely N-dealkylation sites (tertiary alicyclic amines) is 3. The van der Waals surface area contributed by atoms with Gasteiger partial charge >= 0.3 is 0 Å². The highest BCUT2D eigenvalue weighted by atomic mass is 15.2. The second-order valence-corrected chi connectivity index (χ2v) is 9.90. The van der Waals surface area contributed by atoms with Gasteiger partial charge in [0.25, 0.3) is 0 Å². The Balaban J connectivity index is 1.37. The van der Waals surface area contributed by atoms with E-state index in [-0.39, 0.29) is 0 Å². The Morgan fingerprint density at radius 2 is 1.52 bits per heavy atom. The van der Waals surface area contributed by atoms with E-state index in [2.05, 4.69) is 49.3 Å². The van der Waals surface area contributed by atoms with E-state index in [1.165, 1.54) is 71.5 Å². The van der Waals surface area contributed by atoms with E-state index in [9.17, 15) is 0 Å². The molecule has 3 rings (SSSR count). The first kappa shape index (κ1) is 17.7. The van der Waals surface area contributed by atoms with E-state index >= 15 is 0 Å². The van der Waals surface area contributed by atoms with Gasteiger partial charge in [-0.05, 0) is 97.8 Å². The molecule has 134 valence electrons. The van der Waals surface area contributed by atoms with Gasteiger partial charge in [0.1, 0.15) is 0 Å². The molecule has 0 saturated carbocycles. The van der Waals surface area contributed by atoms with Crippen molar-refractivity contribution in [3.05, 3.63) is 0 Å². The van der Waals surface area contributed by atoms with E-state index in [4.69, 9.17) is 0 Å². The van der Waals surface area contributed by atoms with Crippen molar-refractivity contribution in [1.29, 1.82) is 0 Å². The molecule has 0 bridgehead atoms. The molecule has 0 aromatic rings. The second-order valence-electron chi connectivity index (χ2n) is 9.90. The van der Waals surface area contributed by atoms with Crippen molar-refractivity contribution >= 4 is 0 Å². The quantitative estimate of drug-likeness (QED) is 0.790. The Bertz CT molecular complexity index is 374. The monoisotopic (exact) mass is 321 g/mol. The molecular weight excluding hydrogens is 282 g/mol. The van der Waals surface area contributed by atoms with E-state index in [1.807, 2.05) is 0 Å². The zero-order valence-corrected chi connectivity index (χ0v) is 16.3. The lowest BCUT2D eigenvalue weighted by molar-refractivity contribution is -0.0702. The summed E-state index contributed by atoms with van der Waals surface area (Å²) in [6.45, 7) is 21.2. The van der Waals surface area contributed by atoms with Crippen LogP contribution in [-0.4, -0.2) is 72.1 Å². The number of hydrogen-bond donors (Lipinski definition) is 0. The summed E-state index contributed by atoms with van der Waals surface area (Å²) < 4.78 is 0. The molecule has 3 fully saturated rings. The fraction of sp³-hybridized carbons (Fsp3) is 1.00. The van der Waals surface area contributed by atoms with Crippen LogP contribution in [0.4, 0.5) is 0 Å². The molecule has 3 heteroatoms. The summed E-state index contributed by atoms with van der Waals surface area (Å²) in [5.41, 5.74) is 1.04. The third-order valence-corrected chi connectivity index (χ3v) is 6.79. The first-order valence-corrected chi connectivity index (χ1v) is 9.99. The van der Waals surface area contributed by atoms with Gasteiger partial charge in [0, 0.05) is 31.2 Å². The highest BCUT2D eigenvalue weighted by Gasteiger charge is 2.46. The Kier molecular flexibility index (Phi) is 5.11. The van der Waals surface area contributed by atoms with Crippen LogP contribution < -0.4 is 0 Å². The van der Waals surface area contributed by atoms with Crippen LogP contribution in [0.1, 0.15) is 60.3 Å². The summed E-state index contributed by atoms with van der Waals surface area (Å²) in [7, 11) is 0. The van der Waals surface area contributed by atoms with E-state index < -0.39 is 0 Å². The van der Waals surface area contributed by atoms with Gasteiger partial charge in [-0.25, -0.2) is 0 Å². The predicted octanol–water partition coefficient (Wildman–Crippen LogP) is 3.30. The average molecular weight is 322 g/mol. The maximum atomic E-state index is 2.77. The minimum atomic E-state index is 0.357.